The van der Waals surface area contributed by atoms with Gasteiger partial charge in [0.1, 0.15) is 34.0 Å². The lowest BCUT2D eigenvalue weighted by Crippen LogP contribution is -2.35. The molecule has 604 valence electrons. The Bertz CT molecular complexity index is 6070. The summed E-state index contributed by atoms with van der Waals surface area (Å²) in [6.07, 6.45) is 12.2. The number of pyridine rings is 2. The maximum atomic E-state index is 12.0. The Morgan fingerprint density at radius 3 is 1.15 bits per heavy atom. The molecule has 12 heterocycles. The molecule has 0 bridgehead atoms. The molecule has 29 nitrogen and oxygen atoms in total. The van der Waals surface area contributed by atoms with Crippen molar-refractivity contribution in [2.24, 2.45) is 0 Å². The first-order valence-electron chi connectivity index (χ1n) is 37.2. The first-order chi connectivity index (χ1) is 56.5. The molecule has 1 saturated heterocycles. The second kappa shape index (κ2) is 36.5. The normalized spacial score (nSPS) is 11.7. The number of thiophene rings is 1. The molecule has 0 aliphatic carbocycles. The lowest BCUT2D eigenvalue weighted by Gasteiger charge is -2.22. The van der Waals surface area contributed by atoms with E-state index in [4.69, 9.17) is 32.6 Å². The number of hydrogen-bond donors (Lipinski definition) is 3. The Labute approximate surface area is 690 Å². The second-order valence-corrected chi connectivity index (χ2v) is 28.8. The monoisotopic (exact) mass is 1590 g/mol. The van der Waals surface area contributed by atoms with Gasteiger partial charge in [0.25, 0.3) is 46.8 Å². The summed E-state index contributed by atoms with van der Waals surface area (Å²) in [6, 6.07) is 45.6. The summed E-state index contributed by atoms with van der Waals surface area (Å²) < 4.78 is 23.2. The fourth-order valence-electron chi connectivity index (χ4n) is 11.8. The fraction of sp³-hybridized carbons (Fsp3) is 0.195. The van der Waals surface area contributed by atoms with Gasteiger partial charge in [0.15, 0.2) is 0 Å². The largest absolute Gasteiger partial charge is 0.414 e. The zero-order valence-electron chi connectivity index (χ0n) is 66.9. The van der Waals surface area contributed by atoms with Crippen LogP contribution in [0.25, 0.3) is 148 Å². The van der Waals surface area contributed by atoms with Crippen LogP contribution in [-0.2, 0) is 0 Å². The van der Waals surface area contributed by atoms with E-state index in [0.29, 0.717) is 92.6 Å². The number of rotatable bonds is 21. The van der Waals surface area contributed by atoms with Crippen molar-refractivity contribution >= 4 is 40.1 Å². The van der Waals surface area contributed by atoms with Gasteiger partial charge in [-0.15, -0.1) is 47.0 Å². The van der Waals surface area contributed by atoms with Crippen molar-refractivity contribution in [2.45, 2.75) is 46.6 Å². The van der Waals surface area contributed by atoms with Gasteiger partial charge in [-0.05, 0) is 112 Å². The SMILES string of the molecule is C=C(c1ccc(-c2cnc(C)c(-c3nnc(-c4ccc[nH]c4=O)o3)n2)cc1)N(C)C.C=C(c1ccc(-c2cnc(C)c(-c3nnc(-c4ccccn4)o3)n2)cc1)N(C)C.C=C(c1ccc(-c2cnc(C)c(-c3nnc(-c4cccs4)o3)n2)cc1)N(C)C.C=C(c1ccc(-c2cnc(C)c(-c3nnc(NC4CCNCC4)o3)n2)cc1)N(C)C.[HH].[HH].[HH].[HH].[HH].[HH].[HH]. The third-order valence-corrected chi connectivity index (χ3v) is 19.7. The lowest BCUT2D eigenvalue weighted by atomic mass is 10.1. The Morgan fingerprint density at radius 1 is 0.410 bits per heavy atom. The van der Waals surface area contributed by atoms with Crippen molar-refractivity contribution in [3.8, 4) is 125 Å². The molecule has 0 unspecified atom stereocenters. The van der Waals surface area contributed by atoms with Crippen LogP contribution in [0.2, 0.25) is 0 Å². The van der Waals surface area contributed by atoms with E-state index >= 15 is 0 Å². The minimum absolute atomic E-state index is 0. The maximum Gasteiger partial charge on any atom is 0.316 e. The number of hydrogen-bond acceptors (Lipinski definition) is 29. The highest BCUT2D eigenvalue weighted by Gasteiger charge is 2.24. The van der Waals surface area contributed by atoms with Crippen LogP contribution < -0.4 is 16.2 Å². The predicted octanol–water partition coefficient (Wildman–Crippen LogP) is 17.2. The van der Waals surface area contributed by atoms with Gasteiger partial charge in [-0.2, -0.15) is 0 Å². The number of nitrogens with zero attached hydrogens (tertiary/aromatic N) is 21. The number of anilines is 1. The molecule has 0 spiro atoms. The number of piperidine rings is 1. The predicted molar refractivity (Wildman–Crippen MR) is 470 cm³/mol. The van der Waals surface area contributed by atoms with Crippen LogP contribution in [0.5, 0.6) is 0 Å². The molecule has 0 atom stereocenters. The lowest BCUT2D eigenvalue weighted by molar-refractivity contribution is 0.464. The number of aryl methyl sites for hydroxylation is 4. The summed E-state index contributed by atoms with van der Waals surface area (Å²) in [7, 11) is 15.8. The van der Waals surface area contributed by atoms with E-state index in [1.165, 1.54) is 0 Å². The summed E-state index contributed by atoms with van der Waals surface area (Å²) in [5, 5.41) is 41.6. The quantitative estimate of drug-likeness (QED) is 0.0601. The molecule has 0 amide bonds. The van der Waals surface area contributed by atoms with Gasteiger partial charge >= 0.3 is 6.01 Å². The van der Waals surface area contributed by atoms with Crippen LogP contribution in [0.1, 0.15) is 67.9 Å². The topological polar surface area (TPSA) is 342 Å². The van der Waals surface area contributed by atoms with Crippen LogP contribution in [-0.4, -0.2) is 186 Å². The molecule has 4 aromatic carbocycles. The molecule has 1 aliphatic heterocycles. The van der Waals surface area contributed by atoms with Crippen LogP contribution in [0.3, 0.4) is 0 Å². The van der Waals surface area contributed by atoms with Gasteiger partial charge in [-0.25, -0.2) is 19.9 Å². The Kier molecular flexibility index (Phi) is 25.1. The van der Waals surface area contributed by atoms with Crippen molar-refractivity contribution in [3.05, 3.63) is 264 Å². The van der Waals surface area contributed by atoms with E-state index in [1.807, 2.05) is 236 Å². The number of nitrogens with one attached hydrogen (secondary N) is 3. The van der Waals surface area contributed by atoms with Crippen LogP contribution in [0.15, 0.2) is 231 Å². The van der Waals surface area contributed by atoms with Crippen molar-refractivity contribution < 1.29 is 27.7 Å². The van der Waals surface area contributed by atoms with E-state index in [9.17, 15) is 4.79 Å². The molecular formula is C87H100N24O5S. The average Bonchev–Trinajstić information content (AvgIpc) is 1.51. The summed E-state index contributed by atoms with van der Waals surface area (Å²) in [5.41, 5.74) is 20.3. The molecule has 1 fully saturated rings. The molecule has 15 aromatic rings. The molecule has 3 N–H and O–H groups in total. The summed E-state index contributed by atoms with van der Waals surface area (Å²) in [5.74, 6) is 2.23. The summed E-state index contributed by atoms with van der Waals surface area (Å²) >= 11 is 1.55. The minimum atomic E-state index is -0.302. The van der Waals surface area contributed by atoms with Gasteiger partial charge < -0.3 is 52.9 Å². The number of aromatic nitrogens is 18. The van der Waals surface area contributed by atoms with E-state index in [-0.39, 0.29) is 27.3 Å². The molecule has 30 heteroatoms. The van der Waals surface area contributed by atoms with Crippen LogP contribution >= 0.6 is 11.3 Å². The number of aromatic amines is 1. The number of H-pyrrole nitrogens is 1. The van der Waals surface area contributed by atoms with Crippen molar-refractivity contribution in [1.82, 2.24) is 116 Å². The highest BCUT2D eigenvalue weighted by Crippen LogP contribution is 2.34. The molecule has 11 aromatic heterocycles. The average molecular weight is 1590 g/mol. The van der Waals surface area contributed by atoms with E-state index in [2.05, 4.69) is 113 Å². The van der Waals surface area contributed by atoms with Gasteiger partial charge in [0.05, 0.1) is 75.2 Å². The van der Waals surface area contributed by atoms with Gasteiger partial charge in [-0.3, -0.25) is 29.7 Å². The highest BCUT2D eigenvalue weighted by atomic mass is 32.1. The Hall–Kier alpha value is -14.5. The summed E-state index contributed by atoms with van der Waals surface area (Å²) in [4.78, 5) is 64.4. The third kappa shape index (κ3) is 19.4. The molecule has 0 radical (unpaired) electrons. The van der Waals surface area contributed by atoms with E-state index in [0.717, 1.165) is 127 Å². The van der Waals surface area contributed by atoms with Crippen LogP contribution in [0, 0.1) is 27.7 Å². The smallest absolute Gasteiger partial charge is 0.316 e. The highest BCUT2D eigenvalue weighted by molar-refractivity contribution is 7.13. The van der Waals surface area contributed by atoms with Crippen molar-refractivity contribution in [3.63, 3.8) is 0 Å². The molecular weight excluding hydrogens is 1490 g/mol. The summed E-state index contributed by atoms with van der Waals surface area (Å²) in [6.45, 7) is 25.8. The zero-order valence-corrected chi connectivity index (χ0v) is 67.7. The second-order valence-electron chi connectivity index (χ2n) is 27.9. The van der Waals surface area contributed by atoms with Gasteiger partial charge in [0, 0.05) is 130 Å². The molecule has 1 aliphatic rings. The van der Waals surface area contributed by atoms with Crippen molar-refractivity contribution in [1.29, 1.82) is 0 Å². The molecule has 117 heavy (non-hydrogen) atoms. The van der Waals surface area contributed by atoms with E-state index in [1.54, 1.807) is 60.7 Å². The first kappa shape index (κ1) is 80.5. The third-order valence-electron chi connectivity index (χ3n) is 18.9. The minimum Gasteiger partial charge on any atom is -0.414 e. The number of benzene rings is 4. The molecule has 16 rings (SSSR count). The van der Waals surface area contributed by atoms with Gasteiger partial charge in [-0.1, -0.05) is 141 Å². The first-order valence-corrected chi connectivity index (χ1v) is 38.1. The maximum absolute atomic E-state index is 12.0. The van der Waals surface area contributed by atoms with E-state index < -0.39 is 0 Å². The Morgan fingerprint density at radius 2 is 0.778 bits per heavy atom. The van der Waals surface area contributed by atoms with Crippen molar-refractivity contribution in [2.75, 3.05) is 74.8 Å². The standard InChI is InChI=1S/C22H27N7O.C22H20N6O2.C22H20N6O.C21H19N5OS.7H2/c1-14-20(21-27-28-22(30-21)25-18-9-11-23-12-10-18)26-19(13-24-14)17-7-5-16(6-8-17)15(2)29(3)4;1-13-19(22-27-26-21(30-22)17-6-5-11-23-20(17)29)25-18(12-24-13)16-9-7-15(8-10-16)14(2)28(3)4;1-14-20(22-27-26-21(29-22)18-7-5-6-12-23-18)25-19(13-24-14)17-10-8-16(9-11-17)15(2)28(3)4;1-13-19(21-25-24-20(27-21)18-6-5-11-28-18)23-17(12-22-13)16-9-7-15(8-10-16)14(2)26(3)4;;;;;;;/h5-8,13,18,23H,2,9-12H2,1,3-4H3,(H,25,28);5-12H,2H2,1,3-4H3,(H,23,29);5-13H,2H2,1,3-4H3;5-12H,2H2,1,3-4H3;7*1H. The van der Waals surface area contributed by atoms with Crippen LogP contribution in [0.4, 0.5) is 6.01 Å². The fourth-order valence-corrected chi connectivity index (χ4v) is 12.4. The Balaban J connectivity index is 0.000000251. The van der Waals surface area contributed by atoms with Gasteiger partial charge in [0.2, 0.25) is 0 Å². The zero-order chi connectivity index (χ0) is 82.4. The molecule has 0 saturated carbocycles.